The molecule has 0 radical (unpaired) electrons. The van der Waals surface area contributed by atoms with Crippen molar-refractivity contribution in [2.45, 2.75) is 6.42 Å². The van der Waals surface area contributed by atoms with Gasteiger partial charge in [-0.25, -0.2) is 0 Å². The molecular weight excluding hydrogens is 160 g/mol. The lowest BCUT2D eigenvalue weighted by Crippen LogP contribution is -1.90. The average Bonchev–Trinajstić information content (AvgIpc) is 1.90. The highest BCUT2D eigenvalue weighted by Crippen LogP contribution is 2.34. The largest absolute Gasteiger partial charge is 0.118 e. The third-order valence-electron chi connectivity index (χ3n) is 0.866. The molecule has 0 aliphatic carbocycles. The lowest BCUT2D eigenvalue weighted by molar-refractivity contribution is 1.12. The fourth-order valence-corrected chi connectivity index (χ4v) is 3.01. The maximum absolute atomic E-state index is 5.48. The van der Waals surface area contributed by atoms with Crippen molar-refractivity contribution in [2.75, 3.05) is 11.5 Å². The van der Waals surface area contributed by atoms with Crippen LogP contribution in [-0.2, 0) is 0 Å². The van der Waals surface area contributed by atoms with Crippen LogP contribution in [0.15, 0.2) is 9.77 Å². The summed E-state index contributed by atoms with van der Waals surface area (Å²) in [5, 5.41) is 0. The monoisotopic (exact) mass is 166 g/mol. The summed E-state index contributed by atoms with van der Waals surface area (Å²) in [6.07, 6.45) is 1.32. The molecule has 1 fully saturated rings. The van der Waals surface area contributed by atoms with E-state index in [0.717, 1.165) is 0 Å². The summed E-state index contributed by atoms with van der Waals surface area (Å²) in [5.74, 6) is 2.48. The first-order valence-corrected chi connectivity index (χ1v) is 4.90. The molecule has 1 heterocycles. The minimum Gasteiger partial charge on any atom is -0.118 e. The zero-order chi connectivity index (χ0) is 5.82. The van der Waals surface area contributed by atoms with Gasteiger partial charge in [0.2, 0.25) is 0 Å². The van der Waals surface area contributed by atoms with E-state index < -0.39 is 0 Å². The van der Waals surface area contributed by atoms with Gasteiger partial charge in [-0.3, -0.25) is 0 Å². The summed E-state index contributed by atoms with van der Waals surface area (Å²) in [6, 6.07) is 0. The minimum atomic E-state index is 1.24. The molecule has 1 aliphatic heterocycles. The highest BCUT2D eigenvalue weighted by Gasteiger charge is 2.04. The van der Waals surface area contributed by atoms with Gasteiger partial charge in [0.25, 0.3) is 0 Å². The Morgan fingerprint density at radius 2 is 2.00 bits per heavy atom. The van der Waals surface area contributed by atoms with Crippen molar-refractivity contribution in [1.82, 2.24) is 0 Å². The van der Waals surface area contributed by atoms with E-state index in [0.29, 0.717) is 0 Å². The van der Waals surface area contributed by atoms with Crippen LogP contribution in [0.3, 0.4) is 0 Å². The van der Waals surface area contributed by atoms with E-state index in [1.165, 1.54) is 22.2 Å². The molecule has 0 bridgehead atoms. The van der Waals surface area contributed by atoms with Crippen LogP contribution in [0, 0.1) is 0 Å². The van der Waals surface area contributed by atoms with Crippen LogP contribution in [0.2, 0.25) is 0 Å². The maximum atomic E-state index is 5.48. The van der Waals surface area contributed by atoms with Gasteiger partial charge < -0.3 is 0 Å². The van der Waals surface area contributed by atoms with Crippen LogP contribution in [-0.4, -0.2) is 11.5 Å². The standard InChI is InChI=1S/C5H7ClS2/c6-4-5-7-2-1-3-8-5/h4H,1-3H2. The average molecular weight is 167 g/mol. The van der Waals surface area contributed by atoms with Crippen molar-refractivity contribution < 1.29 is 0 Å². The predicted molar refractivity (Wildman–Crippen MR) is 43.5 cm³/mol. The Morgan fingerprint density at radius 3 is 2.38 bits per heavy atom. The second-order valence-electron chi connectivity index (χ2n) is 1.48. The Kier molecular flexibility index (Phi) is 3.16. The molecule has 1 saturated heterocycles. The van der Waals surface area contributed by atoms with Gasteiger partial charge in [0.1, 0.15) is 0 Å². The smallest absolute Gasteiger partial charge is 0.0514 e. The molecule has 8 heavy (non-hydrogen) atoms. The first kappa shape index (κ1) is 6.84. The van der Waals surface area contributed by atoms with Crippen molar-refractivity contribution in [3.63, 3.8) is 0 Å². The van der Waals surface area contributed by atoms with Gasteiger partial charge in [0.15, 0.2) is 0 Å². The molecule has 0 unspecified atom stereocenters. The van der Waals surface area contributed by atoms with Gasteiger partial charge in [-0.1, -0.05) is 11.6 Å². The fourth-order valence-electron chi connectivity index (χ4n) is 0.509. The predicted octanol–water partition coefficient (Wildman–Crippen LogP) is 2.89. The number of hydrogen-bond donors (Lipinski definition) is 0. The first-order chi connectivity index (χ1) is 3.93. The van der Waals surface area contributed by atoms with E-state index in [1.54, 1.807) is 5.54 Å². The van der Waals surface area contributed by atoms with Crippen molar-refractivity contribution in [1.29, 1.82) is 0 Å². The van der Waals surface area contributed by atoms with E-state index in [9.17, 15) is 0 Å². The van der Waals surface area contributed by atoms with E-state index in [4.69, 9.17) is 11.6 Å². The van der Waals surface area contributed by atoms with Gasteiger partial charge in [0.05, 0.1) is 4.24 Å². The van der Waals surface area contributed by atoms with Gasteiger partial charge in [-0.05, 0) is 17.9 Å². The third kappa shape index (κ3) is 1.92. The number of rotatable bonds is 0. The Labute approximate surface area is 63.1 Å². The molecule has 1 aliphatic rings. The fraction of sp³-hybridized carbons (Fsp3) is 0.600. The Hall–Kier alpha value is 0.730. The summed E-state index contributed by atoms with van der Waals surface area (Å²) in [4.78, 5) is 0. The van der Waals surface area contributed by atoms with Crippen molar-refractivity contribution >= 4 is 35.1 Å². The lowest BCUT2D eigenvalue weighted by atomic mass is 10.6. The normalized spacial score (nSPS) is 20.9. The highest BCUT2D eigenvalue weighted by atomic mass is 35.5. The van der Waals surface area contributed by atoms with E-state index in [1.807, 2.05) is 23.5 Å². The van der Waals surface area contributed by atoms with Crippen LogP contribution in [0.4, 0.5) is 0 Å². The van der Waals surface area contributed by atoms with Crippen LogP contribution in [0.5, 0.6) is 0 Å². The lowest BCUT2D eigenvalue weighted by Gasteiger charge is -2.09. The first-order valence-electron chi connectivity index (χ1n) is 2.49. The van der Waals surface area contributed by atoms with Crippen LogP contribution in [0.25, 0.3) is 0 Å². The molecule has 0 nitrogen and oxygen atoms in total. The summed E-state index contributed by atoms with van der Waals surface area (Å²) < 4.78 is 1.28. The van der Waals surface area contributed by atoms with Crippen molar-refractivity contribution in [3.8, 4) is 0 Å². The van der Waals surface area contributed by atoms with Crippen LogP contribution >= 0.6 is 35.1 Å². The van der Waals surface area contributed by atoms with E-state index in [-0.39, 0.29) is 0 Å². The molecule has 0 aromatic carbocycles. The van der Waals surface area contributed by atoms with Gasteiger partial charge in [-0.15, -0.1) is 23.5 Å². The van der Waals surface area contributed by atoms with Gasteiger partial charge >= 0.3 is 0 Å². The topological polar surface area (TPSA) is 0 Å². The summed E-state index contributed by atoms with van der Waals surface area (Å²) in [5.41, 5.74) is 1.68. The maximum Gasteiger partial charge on any atom is 0.0514 e. The molecule has 0 saturated carbocycles. The molecule has 1 rings (SSSR count). The molecule has 46 valence electrons. The van der Waals surface area contributed by atoms with E-state index >= 15 is 0 Å². The Balaban J connectivity index is 2.33. The molecule has 0 atom stereocenters. The molecule has 0 amide bonds. The summed E-state index contributed by atoms with van der Waals surface area (Å²) in [7, 11) is 0. The molecule has 0 aromatic rings. The van der Waals surface area contributed by atoms with E-state index in [2.05, 4.69) is 0 Å². The van der Waals surface area contributed by atoms with Gasteiger partial charge in [0, 0.05) is 5.54 Å². The zero-order valence-corrected chi connectivity index (χ0v) is 6.78. The number of halogens is 1. The SMILES string of the molecule is ClC=C1SCCCS1. The molecule has 0 N–H and O–H groups in total. The number of thioether (sulfide) groups is 2. The second-order valence-corrected chi connectivity index (χ2v) is 4.23. The quantitative estimate of drug-likeness (QED) is 0.543. The molecule has 0 spiro atoms. The highest BCUT2D eigenvalue weighted by molar-refractivity contribution is 8.22. The Bertz CT molecular complexity index is 92.6. The molecular formula is C5H7ClS2. The van der Waals surface area contributed by atoms with Crippen LogP contribution in [0.1, 0.15) is 6.42 Å². The second kappa shape index (κ2) is 3.70. The zero-order valence-electron chi connectivity index (χ0n) is 4.39. The minimum absolute atomic E-state index is 1.24. The molecule has 3 heteroatoms. The van der Waals surface area contributed by atoms with Crippen molar-refractivity contribution in [2.24, 2.45) is 0 Å². The summed E-state index contributed by atoms with van der Waals surface area (Å²) >= 11 is 9.19. The van der Waals surface area contributed by atoms with Gasteiger partial charge in [-0.2, -0.15) is 0 Å². The van der Waals surface area contributed by atoms with Crippen LogP contribution < -0.4 is 0 Å². The van der Waals surface area contributed by atoms with Crippen molar-refractivity contribution in [3.05, 3.63) is 9.77 Å². The Morgan fingerprint density at radius 1 is 1.38 bits per heavy atom. The molecule has 0 aromatic heterocycles. The third-order valence-corrected chi connectivity index (χ3v) is 3.84. The summed E-state index contributed by atoms with van der Waals surface area (Å²) in [6.45, 7) is 0. The number of hydrogen-bond acceptors (Lipinski definition) is 2.